The third kappa shape index (κ3) is 7.67. The Hall–Kier alpha value is -4.19. The van der Waals surface area contributed by atoms with Gasteiger partial charge in [-0.05, 0) is 62.4 Å². The van der Waals surface area contributed by atoms with Crippen LogP contribution >= 0.6 is 0 Å². The lowest BCUT2D eigenvalue weighted by atomic mass is 9.37. The number of hydrogen-bond acceptors (Lipinski definition) is 5. The summed E-state index contributed by atoms with van der Waals surface area (Å²) in [6.45, 7) is 4.04. The smallest absolute Gasteiger partial charge is 0.241 e. The van der Waals surface area contributed by atoms with Crippen molar-refractivity contribution in [1.29, 1.82) is 0 Å². The van der Waals surface area contributed by atoms with Crippen LogP contribution in [-0.4, -0.2) is 33.8 Å². The van der Waals surface area contributed by atoms with E-state index in [4.69, 9.17) is 14.2 Å². The van der Waals surface area contributed by atoms with Gasteiger partial charge in [-0.15, -0.1) is 0 Å². The number of hydrazone groups is 1. The first-order valence-corrected chi connectivity index (χ1v) is 11.8. The first-order chi connectivity index (χ1) is 17.5. The maximum absolute atomic E-state index is 5.29. The lowest BCUT2D eigenvalue weighted by molar-refractivity contribution is 0.415. The van der Waals surface area contributed by atoms with Gasteiger partial charge in [0.2, 0.25) is 6.71 Å². The minimum absolute atomic E-state index is 0.128. The molecule has 0 aliphatic heterocycles. The van der Waals surface area contributed by atoms with Crippen molar-refractivity contribution >= 4 is 34.5 Å². The Morgan fingerprint density at radius 3 is 1.22 bits per heavy atom. The molecule has 0 amide bonds. The van der Waals surface area contributed by atoms with Gasteiger partial charge in [-0.3, -0.25) is 5.43 Å². The van der Waals surface area contributed by atoms with E-state index in [2.05, 4.69) is 46.9 Å². The topological polar surface area (TPSA) is 52.1 Å². The van der Waals surface area contributed by atoms with Gasteiger partial charge in [0.25, 0.3) is 0 Å². The molecule has 0 saturated carbocycles. The van der Waals surface area contributed by atoms with Gasteiger partial charge in [0.15, 0.2) is 0 Å². The lowest BCUT2D eigenvalue weighted by Crippen LogP contribution is -2.51. The van der Waals surface area contributed by atoms with Crippen LogP contribution in [0.4, 0.5) is 5.69 Å². The van der Waals surface area contributed by atoms with E-state index in [0.29, 0.717) is 0 Å². The van der Waals surface area contributed by atoms with E-state index in [0.717, 1.165) is 28.6 Å². The van der Waals surface area contributed by atoms with Crippen LogP contribution in [0.2, 0.25) is 0 Å². The molecular formula is C30H33BN2O3. The first-order valence-electron chi connectivity index (χ1n) is 11.8. The summed E-state index contributed by atoms with van der Waals surface area (Å²) in [5.74, 6) is 2.56. The average Bonchev–Trinajstić information content (AvgIpc) is 2.94. The van der Waals surface area contributed by atoms with E-state index in [9.17, 15) is 0 Å². The summed E-state index contributed by atoms with van der Waals surface area (Å²) in [4.78, 5) is 0. The van der Waals surface area contributed by atoms with Crippen molar-refractivity contribution in [2.24, 2.45) is 5.10 Å². The molecule has 0 spiro atoms. The molecule has 0 fully saturated rings. The van der Waals surface area contributed by atoms with Crippen molar-refractivity contribution < 1.29 is 14.2 Å². The minimum Gasteiger partial charge on any atom is -0.497 e. The van der Waals surface area contributed by atoms with Crippen LogP contribution in [-0.2, 0) is 0 Å². The predicted octanol–water partition coefficient (Wildman–Crippen LogP) is 4.72. The van der Waals surface area contributed by atoms with Crippen LogP contribution in [0.5, 0.6) is 17.2 Å². The van der Waals surface area contributed by atoms with Crippen LogP contribution in [0.1, 0.15) is 13.8 Å². The molecule has 4 aromatic rings. The van der Waals surface area contributed by atoms with Crippen molar-refractivity contribution in [2.75, 3.05) is 26.8 Å². The molecule has 0 unspecified atom stereocenters. The van der Waals surface area contributed by atoms with Gasteiger partial charge in [0, 0.05) is 5.71 Å². The standard InChI is InChI=1S/C21H21BO3.C9H12N2/c1-23-19-10-4-16(5-11-19)22(17-6-12-20(24-2)13-7-17)18-8-14-21(25-3)15-9-18;1-8(2)10-11-9-6-4-3-5-7-9/h4-15H,1-3H3;3-7,11H,1-2H3. The highest BCUT2D eigenvalue weighted by Gasteiger charge is 2.21. The summed E-state index contributed by atoms with van der Waals surface area (Å²) in [7, 11) is 5.04. The highest BCUT2D eigenvalue weighted by atomic mass is 16.5. The first kappa shape index (κ1) is 26.4. The number of nitrogens with zero attached hydrogens (tertiary/aromatic N) is 1. The molecule has 0 atom stereocenters. The fraction of sp³-hybridized carbons (Fsp3) is 0.167. The van der Waals surface area contributed by atoms with Crippen LogP contribution in [0.3, 0.4) is 0 Å². The lowest BCUT2D eigenvalue weighted by Gasteiger charge is -2.17. The van der Waals surface area contributed by atoms with Crippen molar-refractivity contribution in [3.63, 3.8) is 0 Å². The molecule has 0 heterocycles. The van der Waals surface area contributed by atoms with Crippen molar-refractivity contribution in [3.05, 3.63) is 103 Å². The Balaban J connectivity index is 0.000000275. The molecule has 0 radical (unpaired) electrons. The minimum atomic E-state index is 0.128. The highest BCUT2D eigenvalue weighted by molar-refractivity contribution is 6.95. The summed E-state index contributed by atoms with van der Waals surface area (Å²) >= 11 is 0. The Bertz CT molecular complexity index is 1090. The normalized spacial score (nSPS) is 9.81. The average molecular weight is 480 g/mol. The van der Waals surface area contributed by atoms with Gasteiger partial charge in [-0.1, -0.05) is 71.0 Å². The number of nitrogens with one attached hydrogen (secondary N) is 1. The molecule has 4 rings (SSSR count). The molecule has 36 heavy (non-hydrogen) atoms. The molecule has 0 aliphatic rings. The van der Waals surface area contributed by atoms with Gasteiger partial charge in [0.1, 0.15) is 17.2 Å². The fourth-order valence-electron chi connectivity index (χ4n) is 3.66. The van der Waals surface area contributed by atoms with Crippen molar-refractivity contribution in [3.8, 4) is 17.2 Å². The van der Waals surface area contributed by atoms with Gasteiger partial charge < -0.3 is 14.2 Å². The largest absolute Gasteiger partial charge is 0.497 e. The summed E-state index contributed by atoms with van der Waals surface area (Å²) in [6.07, 6.45) is 0. The monoisotopic (exact) mass is 480 g/mol. The Labute approximate surface area is 214 Å². The van der Waals surface area contributed by atoms with Crippen LogP contribution in [0, 0.1) is 0 Å². The van der Waals surface area contributed by atoms with E-state index in [-0.39, 0.29) is 6.71 Å². The van der Waals surface area contributed by atoms with Crippen LogP contribution in [0.25, 0.3) is 0 Å². The second kappa shape index (κ2) is 13.6. The quantitative estimate of drug-likeness (QED) is 0.225. The number of methoxy groups -OCH3 is 3. The van der Waals surface area contributed by atoms with E-state index in [1.807, 2.05) is 80.6 Å². The molecule has 4 aromatic carbocycles. The van der Waals surface area contributed by atoms with E-state index < -0.39 is 0 Å². The summed E-state index contributed by atoms with van der Waals surface area (Å²) in [5.41, 5.74) is 8.59. The molecule has 6 heteroatoms. The van der Waals surface area contributed by atoms with Gasteiger partial charge in [-0.2, -0.15) is 5.10 Å². The zero-order valence-corrected chi connectivity index (χ0v) is 21.6. The van der Waals surface area contributed by atoms with E-state index in [1.165, 1.54) is 16.4 Å². The van der Waals surface area contributed by atoms with Crippen molar-refractivity contribution in [1.82, 2.24) is 0 Å². The summed E-state index contributed by atoms with van der Waals surface area (Å²) in [5, 5.41) is 4.06. The van der Waals surface area contributed by atoms with E-state index >= 15 is 0 Å². The Morgan fingerprint density at radius 1 is 0.556 bits per heavy atom. The zero-order valence-electron chi connectivity index (χ0n) is 21.6. The summed E-state index contributed by atoms with van der Waals surface area (Å²) in [6, 6.07) is 34.5. The summed E-state index contributed by atoms with van der Waals surface area (Å²) < 4.78 is 15.9. The maximum Gasteiger partial charge on any atom is 0.241 e. The molecule has 0 bridgehead atoms. The number of rotatable bonds is 8. The van der Waals surface area contributed by atoms with Gasteiger partial charge in [-0.25, -0.2) is 0 Å². The number of hydrogen-bond donors (Lipinski definition) is 1. The Kier molecular flexibility index (Phi) is 10.0. The predicted molar refractivity (Wildman–Crippen MR) is 152 cm³/mol. The SMILES string of the molecule is CC(C)=NNc1ccccc1.COc1ccc(B(c2ccc(OC)cc2)c2ccc(OC)cc2)cc1. The molecule has 5 nitrogen and oxygen atoms in total. The molecule has 0 aromatic heterocycles. The zero-order chi connectivity index (χ0) is 25.8. The van der Waals surface area contributed by atoms with Crippen LogP contribution in [0.15, 0.2) is 108 Å². The number of para-hydroxylation sites is 1. The van der Waals surface area contributed by atoms with Crippen LogP contribution < -0.4 is 36.0 Å². The maximum atomic E-state index is 5.29. The third-order valence-electron chi connectivity index (χ3n) is 5.53. The highest BCUT2D eigenvalue weighted by Crippen LogP contribution is 2.11. The third-order valence-corrected chi connectivity index (χ3v) is 5.53. The number of anilines is 1. The molecule has 0 saturated heterocycles. The molecule has 1 N–H and O–H groups in total. The fourth-order valence-corrected chi connectivity index (χ4v) is 3.66. The van der Waals surface area contributed by atoms with Gasteiger partial charge in [0.05, 0.1) is 27.0 Å². The Morgan fingerprint density at radius 2 is 0.917 bits per heavy atom. The number of ether oxygens (including phenoxy) is 3. The second-order valence-electron chi connectivity index (χ2n) is 8.29. The second-order valence-corrected chi connectivity index (χ2v) is 8.29. The molecule has 184 valence electrons. The van der Waals surface area contributed by atoms with Gasteiger partial charge >= 0.3 is 0 Å². The molecular weight excluding hydrogens is 447 g/mol. The number of benzene rings is 4. The van der Waals surface area contributed by atoms with Crippen molar-refractivity contribution in [2.45, 2.75) is 13.8 Å². The molecule has 0 aliphatic carbocycles. The van der Waals surface area contributed by atoms with E-state index in [1.54, 1.807) is 21.3 Å².